The number of hydrogen-bond donors (Lipinski definition) is 2. The number of carbonyl (C=O) groups is 1. The number of aromatic nitrogens is 4. The number of para-hydroxylation sites is 1. The van der Waals surface area contributed by atoms with Gasteiger partial charge in [0.05, 0.1) is 37.7 Å². The van der Waals surface area contributed by atoms with E-state index in [4.69, 9.17) is 24.3 Å². The van der Waals surface area contributed by atoms with Crippen LogP contribution in [0.25, 0.3) is 11.2 Å². The Morgan fingerprint density at radius 1 is 1.31 bits per heavy atom. The summed E-state index contributed by atoms with van der Waals surface area (Å²) in [5.74, 6) is -0.00621. The highest BCUT2D eigenvalue weighted by atomic mass is 79.9. The van der Waals surface area contributed by atoms with Crippen LogP contribution in [0.5, 0.6) is 11.6 Å². The normalized spacial score (nSPS) is 19.7. The zero-order valence-electron chi connectivity index (χ0n) is 19.8. The quantitative estimate of drug-likeness (QED) is 0.205. The molecule has 1 aromatic carbocycles. The van der Waals surface area contributed by atoms with E-state index < -0.39 is 19.8 Å². The van der Waals surface area contributed by atoms with Gasteiger partial charge in [0, 0.05) is 5.92 Å². The Balaban J connectivity index is 1.48. The van der Waals surface area contributed by atoms with Crippen molar-refractivity contribution < 1.29 is 27.9 Å². The molecule has 0 bridgehead atoms. The first-order valence-electron chi connectivity index (χ1n) is 11.0. The molecule has 2 heterocycles. The van der Waals surface area contributed by atoms with E-state index in [1.165, 1.54) is 21.1 Å². The predicted molar refractivity (Wildman–Crippen MR) is 136 cm³/mol. The molecule has 0 radical (unpaired) electrons. The van der Waals surface area contributed by atoms with E-state index in [0.717, 1.165) is 0 Å². The van der Waals surface area contributed by atoms with Crippen molar-refractivity contribution >= 4 is 46.8 Å². The molecular weight excluding hydrogens is 555 g/mol. The van der Waals surface area contributed by atoms with Crippen LogP contribution in [0.15, 0.2) is 47.2 Å². The Hall–Kier alpha value is -2.99. The third-order valence-electron chi connectivity index (χ3n) is 5.53. The van der Waals surface area contributed by atoms with E-state index in [1.807, 2.05) is 16.7 Å². The Kier molecular flexibility index (Phi) is 7.94. The lowest BCUT2D eigenvalue weighted by molar-refractivity contribution is -0.142. The molecule has 4 atom stereocenters. The average Bonchev–Trinajstić information content (AvgIpc) is 3.50. The van der Waals surface area contributed by atoms with E-state index in [0.29, 0.717) is 33.7 Å². The lowest BCUT2D eigenvalue weighted by atomic mass is 10.1. The number of fused-ring (bicyclic) bond motifs is 1. The Morgan fingerprint density at radius 2 is 2.08 bits per heavy atom. The van der Waals surface area contributed by atoms with E-state index in [9.17, 15) is 9.36 Å². The minimum absolute atomic E-state index is 0.0721. The Labute approximate surface area is 215 Å². The molecule has 0 saturated carbocycles. The topological polar surface area (TPSA) is 153 Å². The van der Waals surface area contributed by atoms with Gasteiger partial charge in [0.2, 0.25) is 11.8 Å². The van der Waals surface area contributed by atoms with Crippen molar-refractivity contribution in [1.82, 2.24) is 24.6 Å². The summed E-state index contributed by atoms with van der Waals surface area (Å²) in [6.07, 6.45) is 6.23. The van der Waals surface area contributed by atoms with Crippen LogP contribution >= 0.6 is 23.7 Å². The largest absolute Gasteiger partial charge is 0.479 e. The van der Waals surface area contributed by atoms with Gasteiger partial charge in [-0.3, -0.25) is 9.32 Å². The van der Waals surface area contributed by atoms with Gasteiger partial charge >= 0.3 is 13.7 Å². The van der Waals surface area contributed by atoms with Crippen molar-refractivity contribution in [3.8, 4) is 11.6 Å². The first kappa shape index (κ1) is 26.1. The van der Waals surface area contributed by atoms with E-state index >= 15 is 0 Å². The molecule has 36 heavy (non-hydrogen) atoms. The number of nitrogens with one attached hydrogen (secondary N) is 1. The summed E-state index contributed by atoms with van der Waals surface area (Å²) in [7, 11) is -1.23. The van der Waals surface area contributed by atoms with Crippen LogP contribution in [0.3, 0.4) is 0 Å². The number of allylic oxidation sites excluding steroid dienone is 1. The second-order valence-electron chi connectivity index (χ2n) is 8.05. The van der Waals surface area contributed by atoms with Crippen molar-refractivity contribution in [2.75, 3.05) is 26.6 Å². The fraction of sp³-hybridized carbons (Fsp3) is 0.364. The molecule has 0 aliphatic heterocycles. The molecule has 0 spiro atoms. The molecule has 4 rings (SSSR count). The smallest absolute Gasteiger partial charge is 0.459 e. The molecule has 14 heteroatoms. The lowest BCUT2D eigenvalue weighted by Gasteiger charge is -2.24. The number of esters is 1. The van der Waals surface area contributed by atoms with Crippen molar-refractivity contribution in [2.24, 2.45) is 5.92 Å². The molecule has 1 aliphatic rings. The number of nitrogens with two attached hydrogens (primary N) is 1. The zero-order valence-corrected chi connectivity index (χ0v) is 22.3. The van der Waals surface area contributed by atoms with Gasteiger partial charge in [-0.2, -0.15) is 15.1 Å². The summed E-state index contributed by atoms with van der Waals surface area (Å²) in [6.45, 7) is 1.59. The maximum atomic E-state index is 13.6. The van der Waals surface area contributed by atoms with Gasteiger partial charge in [0.1, 0.15) is 11.8 Å². The first-order valence-corrected chi connectivity index (χ1v) is 13.3. The van der Waals surface area contributed by atoms with Crippen molar-refractivity contribution in [2.45, 2.75) is 25.4 Å². The van der Waals surface area contributed by atoms with Crippen LogP contribution in [0.1, 0.15) is 19.4 Å². The number of methoxy groups -OCH3 is 2. The SMILES string of the molecule is COC(=O)[C@H](C)NP(=O)(OC[C@@H]1C=C[C@H](n2cnc3c(OC)nc(N)nc32)C1)Oc1ccccc1Br. The number of rotatable bonds is 10. The lowest BCUT2D eigenvalue weighted by Crippen LogP contribution is -2.34. The summed E-state index contributed by atoms with van der Waals surface area (Å²) >= 11 is 3.37. The molecule has 12 nitrogen and oxygen atoms in total. The molecule has 192 valence electrons. The fourth-order valence-electron chi connectivity index (χ4n) is 3.77. The Bertz CT molecular complexity index is 1330. The van der Waals surface area contributed by atoms with Gasteiger partial charge in [-0.15, -0.1) is 0 Å². The highest BCUT2D eigenvalue weighted by molar-refractivity contribution is 9.10. The molecule has 0 saturated heterocycles. The van der Waals surface area contributed by atoms with Crippen molar-refractivity contribution in [1.29, 1.82) is 0 Å². The van der Waals surface area contributed by atoms with Crippen LogP contribution in [-0.4, -0.2) is 52.4 Å². The van der Waals surface area contributed by atoms with Crippen molar-refractivity contribution in [3.63, 3.8) is 0 Å². The summed E-state index contributed by atoms with van der Waals surface area (Å²) in [6, 6.07) is 5.90. The summed E-state index contributed by atoms with van der Waals surface area (Å²) < 4.78 is 37.6. The summed E-state index contributed by atoms with van der Waals surface area (Å²) in [4.78, 5) is 24.7. The number of nitrogen functional groups attached to an aromatic ring is 1. The molecule has 0 amide bonds. The van der Waals surface area contributed by atoms with Crippen LogP contribution in [0, 0.1) is 5.92 Å². The van der Waals surface area contributed by atoms with Gasteiger partial charge in [0.15, 0.2) is 11.2 Å². The standard InChI is InChI=1S/C22H26BrN6O6P/c1-13(21(30)33-3)28-36(31,35-17-7-5-4-6-16(17)23)34-11-14-8-9-15(10-14)29-12-25-18-19(29)26-22(24)27-20(18)32-2/h4-9,12-15H,10-11H2,1-3H3,(H,28,31)(H2,24,26,27)/t13-,14+,15-,36?/m0/s1. The van der Waals surface area contributed by atoms with Crippen LogP contribution in [0.4, 0.5) is 5.95 Å². The molecule has 1 unspecified atom stereocenters. The number of carbonyl (C=O) groups excluding carboxylic acids is 1. The second kappa shape index (κ2) is 11.0. The van der Waals surface area contributed by atoms with Gasteiger partial charge in [0.25, 0.3) is 0 Å². The van der Waals surface area contributed by atoms with Crippen LogP contribution in [0.2, 0.25) is 0 Å². The van der Waals surface area contributed by atoms with Crippen LogP contribution < -0.4 is 20.1 Å². The average molecular weight is 581 g/mol. The minimum atomic E-state index is -3.97. The highest BCUT2D eigenvalue weighted by Gasteiger charge is 2.34. The molecule has 2 aromatic heterocycles. The van der Waals surface area contributed by atoms with E-state index in [2.05, 4.69) is 36.0 Å². The second-order valence-corrected chi connectivity index (χ2v) is 10.6. The highest BCUT2D eigenvalue weighted by Crippen LogP contribution is 2.48. The predicted octanol–water partition coefficient (Wildman–Crippen LogP) is 3.65. The zero-order chi connectivity index (χ0) is 25.9. The number of anilines is 1. The molecule has 0 fully saturated rings. The monoisotopic (exact) mass is 580 g/mol. The number of nitrogens with zero attached hydrogens (tertiary/aromatic N) is 4. The van der Waals surface area contributed by atoms with Gasteiger partial charge in [-0.1, -0.05) is 24.3 Å². The summed E-state index contributed by atoms with van der Waals surface area (Å²) in [5.41, 5.74) is 6.88. The van der Waals surface area contributed by atoms with Gasteiger partial charge in [-0.05, 0) is 41.4 Å². The first-order chi connectivity index (χ1) is 17.2. The number of imidazole rings is 1. The molecular formula is C22H26BrN6O6P. The van der Waals surface area contributed by atoms with Crippen molar-refractivity contribution in [3.05, 3.63) is 47.2 Å². The maximum absolute atomic E-state index is 13.6. The molecule has 3 N–H and O–H groups in total. The number of ether oxygens (including phenoxy) is 2. The van der Waals surface area contributed by atoms with E-state index in [-0.39, 0.29) is 24.5 Å². The number of halogens is 1. The van der Waals surface area contributed by atoms with Gasteiger partial charge < -0.3 is 24.3 Å². The third kappa shape index (κ3) is 5.70. The van der Waals surface area contributed by atoms with Crippen LogP contribution in [-0.2, 0) is 18.6 Å². The minimum Gasteiger partial charge on any atom is -0.479 e. The summed E-state index contributed by atoms with van der Waals surface area (Å²) in [5, 5.41) is 2.66. The number of hydrogen-bond acceptors (Lipinski definition) is 10. The maximum Gasteiger partial charge on any atom is 0.459 e. The number of benzene rings is 1. The third-order valence-corrected chi connectivity index (χ3v) is 7.81. The molecule has 3 aromatic rings. The fourth-order valence-corrected chi connectivity index (χ4v) is 5.83. The van der Waals surface area contributed by atoms with E-state index in [1.54, 1.807) is 30.6 Å². The Morgan fingerprint density at radius 3 is 2.81 bits per heavy atom. The molecule has 1 aliphatic carbocycles. The van der Waals surface area contributed by atoms with Gasteiger partial charge in [-0.25, -0.2) is 9.55 Å².